The van der Waals surface area contributed by atoms with Crippen LogP contribution in [0.4, 0.5) is 0 Å². The van der Waals surface area contributed by atoms with E-state index in [0.717, 1.165) is 25.0 Å². The lowest BCUT2D eigenvalue weighted by atomic mass is 9.81. The molecule has 0 radical (unpaired) electrons. The van der Waals surface area contributed by atoms with Crippen molar-refractivity contribution in [2.75, 3.05) is 0 Å². The third-order valence-corrected chi connectivity index (χ3v) is 7.27. The smallest absolute Gasteiger partial charge is 0.198 e. The van der Waals surface area contributed by atoms with Crippen LogP contribution in [-0.2, 0) is 14.6 Å². The lowest BCUT2D eigenvalue weighted by molar-refractivity contribution is 0.0108. The molecule has 1 N–H and O–H groups in total. The molecule has 1 aliphatic heterocycles. The van der Waals surface area contributed by atoms with Gasteiger partial charge in [-0.05, 0) is 65.2 Å². The predicted octanol–water partition coefficient (Wildman–Crippen LogP) is 4.52. The summed E-state index contributed by atoms with van der Waals surface area (Å²) in [5, 5.41) is 3.66. The monoisotopic (exact) mass is 377 g/mol. The Kier molecular flexibility index (Phi) is 5.24. The van der Waals surface area contributed by atoms with E-state index in [2.05, 4.69) is 33.0 Å². The molecule has 0 spiro atoms. The van der Waals surface area contributed by atoms with Crippen LogP contribution in [0.25, 0.3) is 0 Å². The molecule has 4 nitrogen and oxygen atoms in total. The normalized spacial score (nSPS) is 25.9. The quantitative estimate of drug-likeness (QED) is 0.782. The number of sulfone groups is 1. The Hall–Kier alpha value is -1.33. The van der Waals surface area contributed by atoms with Crippen LogP contribution in [0.3, 0.4) is 0 Å². The van der Waals surface area contributed by atoms with E-state index in [-0.39, 0.29) is 17.2 Å². The van der Waals surface area contributed by atoms with E-state index in [4.69, 9.17) is 4.74 Å². The number of hydrogen-bond donors (Lipinski definition) is 1. The van der Waals surface area contributed by atoms with Gasteiger partial charge in [0.15, 0.2) is 9.84 Å². The summed E-state index contributed by atoms with van der Waals surface area (Å²) in [5.41, 5.74) is 0.0694. The molecule has 0 aromatic carbocycles. The Morgan fingerprint density at radius 3 is 2.15 bits per heavy atom. The molecule has 3 rings (SSSR count). The molecule has 0 unspecified atom stereocenters. The van der Waals surface area contributed by atoms with Gasteiger partial charge >= 0.3 is 0 Å². The van der Waals surface area contributed by atoms with Gasteiger partial charge in [-0.3, -0.25) is 0 Å². The Labute approximate surface area is 158 Å². The van der Waals surface area contributed by atoms with Crippen molar-refractivity contribution in [3.8, 4) is 0 Å². The molecule has 2 aliphatic carbocycles. The topological polar surface area (TPSA) is 55.4 Å². The fraction of sp³-hybridized carbons (Fsp3) is 0.619. The second kappa shape index (κ2) is 7.01. The number of ether oxygens (including phenoxy) is 1. The third-order valence-electron chi connectivity index (χ3n) is 5.21. The highest BCUT2D eigenvalue weighted by atomic mass is 32.2. The number of allylic oxidation sites excluding steroid dienone is 8. The summed E-state index contributed by atoms with van der Waals surface area (Å²) >= 11 is 0. The van der Waals surface area contributed by atoms with Crippen molar-refractivity contribution in [1.82, 2.24) is 5.32 Å². The number of piperidine rings is 1. The molecule has 3 aliphatic rings. The van der Waals surface area contributed by atoms with E-state index in [1.807, 2.05) is 18.2 Å². The third kappa shape index (κ3) is 4.49. The van der Waals surface area contributed by atoms with Crippen molar-refractivity contribution in [1.29, 1.82) is 0 Å². The zero-order valence-corrected chi connectivity index (χ0v) is 17.2. The van der Waals surface area contributed by atoms with Crippen LogP contribution < -0.4 is 5.32 Å². The van der Waals surface area contributed by atoms with Gasteiger partial charge in [0.25, 0.3) is 0 Å². The van der Waals surface area contributed by atoms with Crippen molar-refractivity contribution >= 4 is 9.84 Å². The minimum Gasteiger partial charge on any atom is -0.495 e. The van der Waals surface area contributed by atoms with Crippen molar-refractivity contribution < 1.29 is 13.2 Å². The molecule has 0 atom stereocenters. The molecular weight excluding hydrogens is 346 g/mol. The molecule has 0 aromatic rings. The van der Waals surface area contributed by atoms with Gasteiger partial charge in [0, 0.05) is 40.2 Å². The molecule has 0 aromatic heterocycles. The minimum atomic E-state index is -3.32. The zero-order valence-electron chi connectivity index (χ0n) is 16.3. The number of rotatable bonds is 4. The van der Waals surface area contributed by atoms with Crippen LogP contribution in [-0.4, -0.2) is 25.6 Å². The first-order chi connectivity index (χ1) is 12.1. The Balaban J connectivity index is 1.71. The van der Waals surface area contributed by atoms with E-state index in [1.165, 1.54) is 0 Å². The average Bonchev–Trinajstić information content (AvgIpc) is 2.53. The maximum absolute atomic E-state index is 12.8. The predicted molar refractivity (Wildman–Crippen MR) is 106 cm³/mol. The molecular formula is C21H31NO3S. The lowest BCUT2D eigenvalue weighted by Crippen LogP contribution is -2.59. The molecule has 0 amide bonds. The highest BCUT2D eigenvalue weighted by Gasteiger charge is 2.39. The summed E-state index contributed by atoms with van der Waals surface area (Å²) in [6, 6.07) is 0. The summed E-state index contributed by atoms with van der Waals surface area (Å²) in [4.78, 5) is 1.04. The van der Waals surface area contributed by atoms with E-state index < -0.39 is 9.84 Å². The van der Waals surface area contributed by atoms with E-state index in [9.17, 15) is 8.42 Å². The van der Waals surface area contributed by atoms with Gasteiger partial charge in [0.2, 0.25) is 0 Å². The van der Waals surface area contributed by atoms with Crippen molar-refractivity contribution in [3.63, 3.8) is 0 Å². The lowest BCUT2D eigenvalue weighted by Gasteiger charge is -2.46. The van der Waals surface area contributed by atoms with E-state index in [0.29, 0.717) is 29.1 Å². The second-order valence-electron chi connectivity index (χ2n) is 8.91. The van der Waals surface area contributed by atoms with Gasteiger partial charge in [-0.25, -0.2) is 8.42 Å². The van der Waals surface area contributed by atoms with Crippen LogP contribution in [0.2, 0.25) is 0 Å². The standard InChI is InChI=1S/C21H31NO3S/c1-20(2)14-17(15-21(3,4)22-20)25-16-10-12-19(13-11-16)26(23,24)18-8-6-5-7-9-18/h5-6,8,10,12,17,22H,7,9,11,13-15H2,1-4H3. The fourth-order valence-electron chi connectivity index (χ4n) is 4.42. The average molecular weight is 378 g/mol. The van der Waals surface area contributed by atoms with Crippen LogP contribution >= 0.6 is 0 Å². The van der Waals surface area contributed by atoms with Crippen LogP contribution in [0.5, 0.6) is 0 Å². The summed E-state index contributed by atoms with van der Waals surface area (Å²) in [5.74, 6) is 0.903. The Morgan fingerprint density at radius 2 is 1.62 bits per heavy atom. The first-order valence-corrected chi connectivity index (χ1v) is 11.0. The van der Waals surface area contributed by atoms with Crippen LogP contribution in [0, 0.1) is 0 Å². The van der Waals surface area contributed by atoms with Gasteiger partial charge in [0.05, 0.1) is 5.76 Å². The first kappa shape index (κ1) is 19.4. The Morgan fingerprint density at radius 1 is 0.962 bits per heavy atom. The van der Waals surface area contributed by atoms with Crippen LogP contribution in [0.15, 0.2) is 45.9 Å². The van der Waals surface area contributed by atoms with Crippen LogP contribution in [0.1, 0.15) is 66.2 Å². The van der Waals surface area contributed by atoms with Gasteiger partial charge in [0.1, 0.15) is 6.10 Å². The number of nitrogens with one attached hydrogen (secondary N) is 1. The van der Waals surface area contributed by atoms with E-state index in [1.54, 1.807) is 12.2 Å². The molecule has 144 valence electrons. The highest BCUT2D eigenvalue weighted by molar-refractivity contribution is 7.98. The number of hydrogen-bond acceptors (Lipinski definition) is 4. The molecule has 5 heteroatoms. The van der Waals surface area contributed by atoms with Crippen molar-refractivity contribution in [2.24, 2.45) is 0 Å². The van der Waals surface area contributed by atoms with Gasteiger partial charge < -0.3 is 10.1 Å². The largest absolute Gasteiger partial charge is 0.495 e. The Bertz CT molecular complexity index is 766. The summed E-state index contributed by atoms with van der Waals surface area (Å²) in [7, 11) is -3.32. The highest BCUT2D eigenvalue weighted by Crippen LogP contribution is 2.35. The first-order valence-electron chi connectivity index (χ1n) is 9.54. The maximum atomic E-state index is 12.8. The SMILES string of the molecule is CC1(C)CC(OC2=CC=C(S(=O)(=O)C3=CC=CCC3)CC2)CC(C)(C)N1. The molecule has 0 bridgehead atoms. The molecule has 1 saturated heterocycles. The van der Waals surface area contributed by atoms with E-state index >= 15 is 0 Å². The van der Waals surface area contributed by atoms with Gasteiger partial charge in [-0.2, -0.15) is 0 Å². The summed E-state index contributed by atoms with van der Waals surface area (Å²) < 4.78 is 31.8. The fourth-order valence-corrected chi connectivity index (χ4v) is 6.02. The van der Waals surface area contributed by atoms with Gasteiger partial charge in [-0.15, -0.1) is 0 Å². The molecule has 26 heavy (non-hydrogen) atoms. The van der Waals surface area contributed by atoms with Gasteiger partial charge in [-0.1, -0.05) is 12.2 Å². The summed E-state index contributed by atoms with van der Waals surface area (Å²) in [6.07, 6.45) is 13.8. The van der Waals surface area contributed by atoms with Crippen molar-refractivity contribution in [3.05, 3.63) is 45.9 Å². The molecule has 1 fully saturated rings. The maximum Gasteiger partial charge on any atom is 0.198 e. The molecule has 1 heterocycles. The minimum absolute atomic E-state index is 0.0347. The second-order valence-corrected chi connectivity index (χ2v) is 11.0. The summed E-state index contributed by atoms with van der Waals surface area (Å²) in [6.45, 7) is 8.82. The van der Waals surface area contributed by atoms with Crippen molar-refractivity contribution in [2.45, 2.75) is 83.4 Å². The zero-order chi connectivity index (χ0) is 19.0. The molecule has 0 saturated carbocycles.